The van der Waals surface area contributed by atoms with E-state index in [9.17, 15) is 14.7 Å². The van der Waals surface area contributed by atoms with E-state index >= 15 is 0 Å². The van der Waals surface area contributed by atoms with Gasteiger partial charge in [0.15, 0.2) is 5.11 Å². The molecule has 0 unspecified atom stereocenters. The van der Waals surface area contributed by atoms with Crippen molar-refractivity contribution in [1.29, 1.82) is 0 Å². The maximum atomic E-state index is 12.1. The van der Waals surface area contributed by atoms with E-state index in [2.05, 4.69) is 21.7 Å². The van der Waals surface area contributed by atoms with Gasteiger partial charge in [0.25, 0.3) is 0 Å². The smallest absolute Gasteiger partial charge is 0.337 e. The fraction of sp³-hybridized carbons (Fsp3) is 0.226. The quantitative estimate of drug-likeness (QED) is 0.231. The molecule has 1 amide bonds. The second kappa shape index (κ2) is 11.4. The number of anilines is 2. The first kappa shape index (κ1) is 27.9. The molecule has 5 rings (SSSR count). The highest BCUT2D eigenvalue weighted by molar-refractivity contribution is 7.80. The molecule has 0 radical (unpaired) electrons. The first-order chi connectivity index (χ1) is 19.7. The van der Waals surface area contributed by atoms with Crippen molar-refractivity contribution in [2.45, 2.75) is 39.3 Å². The molecule has 2 aromatic carbocycles. The molecule has 1 saturated heterocycles. The first-order valence-corrected chi connectivity index (χ1v) is 13.7. The Balaban J connectivity index is 1.67. The lowest BCUT2D eigenvalue weighted by Crippen LogP contribution is -2.29. The fourth-order valence-corrected chi connectivity index (χ4v) is 5.77. The second-order valence-corrected chi connectivity index (χ2v) is 10.2. The molecule has 1 fully saturated rings. The summed E-state index contributed by atoms with van der Waals surface area (Å²) in [6, 6.07) is 19.8. The molecule has 3 heterocycles. The first-order valence-electron chi connectivity index (χ1n) is 13.2. The third kappa shape index (κ3) is 5.14. The van der Waals surface area contributed by atoms with Crippen molar-refractivity contribution >= 4 is 40.6 Å². The Kier molecular flexibility index (Phi) is 7.76. The average molecular weight is 570 g/mol. The van der Waals surface area contributed by atoms with E-state index in [1.807, 2.05) is 71.8 Å². The maximum absolute atomic E-state index is 12.1. The molecular weight excluding hydrogens is 538 g/mol. The topological polar surface area (TPSA) is 109 Å². The Morgan fingerprint density at radius 2 is 1.85 bits per heavy atom. The maximum Gasteiger partial charge on any atom is 0.337 e. The van der Waals surface area contributed by atoms with E-state index in [0.717, 1.165) is 28.3 Å². The Labute approximate surface area is 243 Å². The number of carboxylic acids is 1. The van der Waals surface area contributed by atoms with Crippen LogP contribution in [0.2, 0.25) is 0 Å². The van der Waals surface area contributed by atoms with Crippen molar-refractivity contribution < 1.29 is 19.4 Å². The van der Waals surface area contributed by atoms with Crippen LogP contribution in [0.1, 0.15) is 58.4 Å². The summed E-state index contributed by atoms with van der Waals surface area (Å²) in [4.78, 5) is 30.8. The summed E-state index contributed by atoms with van der Waals surface area (Å²) in [7, 11) is 1.56. The van der Waals surface area contributed by atoms with E-state index in [-0.39, 0.29) is 23.6 Å². The number of benzene rings is 2. The molecule has 0 aliphatic carbocycles. The molecule has 0 spiro atoms. The molecule has 0 bridgehead atoms. The minimum Gasteiger partial charge on any atom is -0.494 e. The number of aryl methyl sites for hydroxylation is 1. The number of para-hydroxylation sites is 1. The molecular formula is C31H31N5O4S. The zero-order chi connectivity index (χ0) is 29.3. The summed E-state index contributed by atoms with van der Waals surface area (Å²) < 4.78 is 7.61. The predicted molar refractivity (Wildman–Crippen MR) is 162 cm³/mol. The zero-order valence-corrected chi connectivity index (χ0v) is 24.0. The van der Waals surface area contributed by atoms with E-state index in [1.165, 1.54) is 0 Å². The van der Waals surface area contributed by atoms with E-state index in [1.54, 1.807) is 32.4 Å². The number of hydrogen-bond donors (Lipinski definition) is 3. The third-order valence-corrected chi connectivity index (χ3v) is 7.64. The van der Waals surface area contributed by atoms with Crippen molar-refractivity contribution in [2.75, 3.05) is 17.3 Å². The molecule has 41 heavy (non-hydrogen) atoms. The van der Waals surface area contributed by atoms with Gasteiger partial charge in [-0.2, -0.15) is 0 Å². The highest BCUT2D eigenvalue weighted by atomic mass is 32.1. The summed E-state index contributed by atoms with van der Waals surface area (Å²) in [5, 5.41) is 16.7. The number of nitrogens with one attached hydrogen (secondary N) is 2. The molecule has 3 N–H and O–H groups in total. The van der Waals surface area contributed by atoms with Gasteiger partial charge in [0.05, 0.1) is 41.8 Å². The number of carbonyl (C=O) groups is 2. The highest BCUT2D eigenvalue weighted by Gasteiger charge is 2.42. The van der Waals surface area contributed by atoms with Crippen LogP contribution in [0.5, 0.6) is 5.75 Å². The number of rotatable bonds is 8. The lowest BCUT2D eigenvalue weighted by atomic mass is 9.96. The molecule has 210 valence electrons. The van der Waals surface area contributed by atoms with Crippen molar-refractivity contribution in [3.05, 3.63) is 101 Å². The van der Waals surface area contributed by atoms with Gasteiger partial charge in [-0.05, 0) is 74.1 Å². The van der Waals surface area contributed by atoms with Gasteiger partial charge in [0.2, 0.25) is 5.91 Å². The summed E-state index contributed by atoms with van der Waals surface area (Å²) in [5.41, 5.74) is 5.71. The average Bonchev–Trinajstić information content (AvgIpc) is 3.48. The predicted octanol–water partition coefficient (Wildman–Crippen LogP) is 5.72. The minimum atomic E-state index is -0.992. The van der Waals surface area contributed by atoms with Crippen LogP contribution >= 0.6 is 12.2 Å². The highest BCUT2D eigenvalue weighted by Crippen LogP contribution is 2.45. The van der Waals surface area contributed by atoms with E-state index in [0.29, 0.717) is 28.7 Å². The van der Waals surface area contributed by atoms with Crippen LogP contribution in [-0.2, 0) is 4.79 Å². The number of thiocarbonyl (C=S) groups is 1. The molecule has 9 nitrogen and oxygen atoms in total. The molecule has 0 saturated carbocycles. The Morgan fingerprint density at radius 3 is 2.54 bits per heavy atom. The Hall–Kier alpha value is -4.70. The SMILES string of the molecule is CCC(=O)Nc1ccc(N2C(=S)N[C@H](c3ccccn3)[C@@H]2c2cc(C)n(-c3ccccc3C(=O)O)c2C)cc1OC. The van der Waals surface area contributed by atoms with Crippen LogP contribution in [0.25, 0.3) is 5.69 Å². The van der Waals surface area contributed by atoms with Crippen LogP contribution in [0.4, 0.5) is 11.4 Å². The van der Waals surface area contributed by atoms with Crippen molar-refractivity contribution in [3.63, 3.8) is 0 Å². The van der Waals surface area contributed by atoms with Gasteiger partial charge in [0, 0.05) is 35.8 Å². The van der Waals surface area contributed by atoms with E-state index < -0.39 is 5.97 Å². The molecule has 10 heteroatoms. The van der Waals surface area contributed by atoms with Gasteiger partial charge in [0.1, 0.15) is 5.75 Å². The van der Waals surface area contributed by atoms with E-state index in [4.69, 9.17) is 17.0 Å². The standard InChI is InChI=1S/C31H31N5O4S/c1-5-27(37)33-23-14-13-20(17-26(23)40-4)36-29(28(34-31(36)41)24-11-8-9-15-32-24)22-16-18(2)35(19(22)3)25-12-7-6-10-21(25)30(38)39/h6-17,28-29H,5H2,1-4H3,(H,33,37)(H,34,41)(H,38,39)/t28-,29+/m1/s1. The van der Waals surface area contributed by atoms with Gasteiger partial charge in [-0.1, -0.05) is 25.1 Å². The summed E-state index contributed by atoms with van der Waals surface area (Å²) >= 11 is 5.90. The van der Waals surface area contributed by atoms with Crippen molar-refractivity contribution in [2.24, 2.45) is 0 Å². The number of nitrogens with zero attached hydrogens (tertiary/aromatic N) is 3. The normalized spacial score (nSPS) is 16.4. The number of amides is 1. The molecule has 2 aromatic heterocycles. The number of ether oxygens (including phenoxy) is 1. The van der Waals surface area contributed by atoms with Crippen LogP contribution in [0.3, 0.4) is 0 Å². The lowest BCUT2D eigenvalue weighted by Gasteiger charge is -2.29. The van der Waals surface area contributed by atoms with Crippen LogP contribution in [-0.4, -0.2) is 38.8 Å². The zero-order valence-electron chi connectivity index (χ0n) is 23.2. The van der Waals surface area contributed by atoms with Gasteiger partial charge in [-0.15, -0.1) is 0 Å². The number of carboxylic acid groups (broad SMARTS) is 1. The van der Waals surface area contributed by atoms with Gasteiger partial charge >= 0.3 is 5.97 Å². The monoisotopic (exact) mass is 569 g/mol. The molecule has 1 aliphatic heterocycles. The number of methoxy groups -OCH3 is 1. The Morgan fingerprint density at radius 1 is 1.10 bits per heavy atom. The number of carbonyl (C=O) groups excluding carboxylic acids is 1. The van der Waals surface area contributed by atoms with Gasteiger partial charge in [-0.3, -0.25) is 9.78 Å². The number of hydrogen-bond acceptors (Lipinski definition) is 5. The van der Waals surface area contributed by atoms with Gasteiger partial charge < -0.3 is 29.9 Å². The minimum absolute atomic E-state index is 0.114. The number of aromatic nitrogens is 2. The number of pyridine rings is 1. The lowest BCUT2D eigenvalue weighted by molar-refractivity contribution is -0.115. The largest absolute Gasteiger partial charge is 0.494 e. The van der Waals surface area contributed by atoms with Crippen molar-refractivity contribution in [3.8, 4) is 11.4 Å². The molecule has 4 aromatic rings. The van der Waals surface area contributed by atoms with Crippen LogP contribution in [0, 0.1) is 13.8 Å². The fourth-order valence-electron chi connectivity index (χ4n) is 5.43. The summed E-state index contributed by atoms with van der Waals surface area (Å²) in [6.07, 6.45) is 2.10. The summed E-state index contributed by atoms with van der Waals surface area (Å²) in [6.45, 7) is 5.74. The van der Waals surface area contributed by atoms with Crippen LogP contribution < -0.4 is 20.3 Å². The van der Waals surface area contributed by atoms with Crippen molar-refractivity contribution in [1.82, 2.24) is 14.9 Å². The molecule has 1 aliphatic rings. The van der Waals surface area contributed by atoms with Gasteiger partial charge in [-0.25, -0.2) is 4.79 Å². The third-order valence-electron chi connectivity index (χ3n) is 7.32. The molecule has 2 atom stereocenters. The Bertz CT molecular complexity index is 1630. The second-order valence-electron chi connectivity index (χ2n) is 9.77. The summed E-state index contributed by atoms with van der Waals surface area (Å²) in [5.74, 6) is -0.599. The van der Waals surface area contributed by atoms with Crippen LogP contribution in [0.15, 0.2) is 72.9 Å². The number of aromatic carboxylic acids is 1.